The minimum atomic E-state index is -0.138. The average molecular weight is 316 g/mol. The Kier molecular flexibility index (Phi) is 3.62. The second kappa shape index (κ2) is 5.65. The van der Waals surface area contributed by atoms with E-state index in [0.717, 1.165) is 37.8 Å². The molecule has 0 bridgehead atoms. The van der Waals surface area contributed by atoms with Crippen LogP contribution in [0.3, 0.4) is 0 Å². The topological polar surface area (TPSA) is 58.4 Å². The van der Waals surface area contributed by atoms with Gasteiger partial charge in [-0.25, -0.2) is 0 Å². The highest BCUT2D eigenvalue weighted by molar-refractivity contribution is 5.89. The third-order valence-electron chi connectivity index (χ3n) is 5.31. The van der Waals surface area contributed by atoms with E-state index in [2.05, 4.69) is 5.10 Å². The first-order chi connectivity index (χ1) is 11.1. The molecular formula is C17H24N4O2. The lowest BCUT2D eigenvalue weighted by atomic mass is 10.0. The number of amides is 2. The zero-order valence-electron chi connectivity index (χ0n) is 13.6. The Balaban J connectivity index is 1.41. The highest BCUT2D eigenvalue weighted by atomic mass is 16.2. The van der Waals surface area contributed by atoms with E-state index in [1.807, 2.05) is 33.8 Å². The van der Waals surface area contributed by atoms with E-state index in [4.69, 9.17) is 0 Å². The van der Waals surface area contributed by atoms with E-state index in [1.54, 1.807) is 0 Å². The van der Waals surface area contributed by atoms with Crippen molar-refractivity contribution in [2.45, 2.75) is 51.1 Å². The van der Waals surface area contributed by atoms with Gasteiger partial charge in [-0.05, 0) is 38.2 Å². The Morgan fingerprint density at radius 3 is 2.74 bits per heavy atom. The fourth-order valence-corrected chi connectivity index (χ4v) is 3.90. The van der Waals surface area contributed by atoms with Crippen LogP contribution in [0.4, 0.5) is 0 Å². The van der Waals surface area contributed by atoms with Crippen molar-refractivity contribution in [2.24, 2.45) is 5.92 Å². The number of carbonyl (C=O) groups excluding carboxylic acids is 2. The molecule has 6 heteroatoms. The maximum atomic E-state index is 12.8. The number of nitrogens with zero attached hydrogens (tertiary/aromatic N) is 4. The molecule has 1 saturated carbocycles. The third-order valence-corrected chi connectivity index (χ3v) is 5.31. The van der Waals surface area contributed by atoms with Crippen LogP contribution in [-0.2, 0) is 9.59 Å². The molecule has 0 spiro atoms. The van der Waals surface area contributed by atoms with E-state index in [9.17, 15) is 9.59 Å². The van der Waals surface area contributed by atoms with Crippen molar-refractivity contribution in [1.82, 2.24) is 19.6 Å². The summed E-state index contributed by atoms with van der Waals surface area (Å²) in [5, 5.41) is 4.40. The van der Waals surface area contributed by atoms with E-state index < -0.39 is 0 Å². The van der Waals surface area contributed by atoms with Crippen LogP contribution in [0.5, 0.6) is 0 Å². The van der Waals surface area contributed by atoms with Crippen LogP contribution in [0.1, 0.15) is 43.7 Å². The maximum Gasteiger partial charge on any atom is 0.228 e. The summed E-state index contributed by atoms with van der Waals surface area (Å²) in [6.45, 7) is 4.19. The van der Waals surface area contributed by atoms with Crippen molar-refractivity contribution in [3.05, 3.63) is 18.0 Å². The number of aryl methyl sites for hydroxylation is 1. The predicted molar refractivity (Wildman–Crippen MR) is 84.7 cm³/mol. The molecule has 3 fully saturated rings. The van der Waals surface area contributed by atoms with Crippen LogP contribution < -0.4 is 0 Å². The third kappa shape index (κ3) is 2.86. The standard InChI is InChI=1S/C17H24N4O2/c1-12-8-18-21(9-12)15-3-2-6-19(11-15)17(23)13-7-16(22)20(10-13)14-4-5-14/h8-9,13-15H,2-7,10-11H2,1H3/t13-,15-/m1/s1. The van der Waals surface area contributed by atoms with Gasteiger partial charge in [0, 0.05) is 38.3 Å². The number of carbonyl (C=O) groups is 2. The number of likely N-dealkylation sites (tertiary alicyclic amines) is 2. The molecular weight excluding hydrogens is 292 g/mol. The molecule has 2 atom stereocenters. The van der Waals surface area contributed by atoms with E-state index >= 15 is 0 Å². The molecule has 23 heavy (non-hydrogen) atoms. The van der Waals surface area contributed by atoms with Crippen molar-refractivity contribution >= 4 is 11.8 Å². The normalized spacial score (nSPS) is 28.5. The summed E-state index contributed by atoms with van der Waals surface area (Å²) in [6, 6.07) is 0.680. The summed E-state index contributed by atoms with van der Waals surface area (Å²) in [7, 11) is 0. The van der Waals surface area contributed by atoms with Crippen molar-refractivity contribution in [3.63, 3.8) is 0 Å². The van der Waals surface area contributed by atoms with Gasteiger partial charge >= 0.3 is 0 Å². The van der Waals surface area contributed by atoms with Crippen LogP contribution in [0.15, 0.2) is 12.4 Å². The number of hydrogen-bond donors (Lipinski definition) is 0. The van der Waals surface area contributed by atoms with Crippen molar-refractivity contribution in [3.8, 4) is 0 Å². The molecule has 124 valence electrons. The van der Waals surface area contributed by atoms with Gasteiger partial charge in [-0.15, -0.1) is 0 Å². The summed E-state index contributed by atoms with van der Waals surface area (Å²) in [6.07, 6.45) is 8.59. The summed E-state index contributed by atoms with van der Waals surface area (Å²) < 4.78 is 1.99. The van der Waals surface area contributed by atoms with Gasteiger partial charge in [0.25, 0.3) is 0 Å². The molecule has 0 aromatic carbocycles. The molecule has 2 amide bonds. The van der Waals surface area contributed by atoms with Crippen LogP contribution in [0.2, 0.25) is 0 Å². The van der Waals surface area contributed by atoms with Gasteiger partial charge in [0.05, 0.1) is 18.2 Å². The van der Waals surface area contributed by atoms with Crippen LogP contribution >= 0.6 is 0 Å². The lowest BCUT2D eigenvalue weighted by Crippen LogP contribution is -2.44. The predicted octanol–water partition coefficient (Wildman–Crippen LogP) is 1.37. The molecule has 0 radical (unpaired) electrons. The monoisotopic (exact) mass is 316 g/mol. The summed E-state index contributed by atoms with van der Waals surface area (Å²) in [5.41, 5.74) is 1.15. The highest BCUT2D eigenvalue weighted by Crippen LogP contribution is 2.33. The fraction of sp³-hybridized carbons (Fsp3) is 0.706. The summed E-state index contributed by atoms with van der Waals surface area (Å²) in [5.74, 6) is 0.193. The smallest absolute Gasteiger partial charge is 0.228 e. The van der Waals surface area contributed by atoms with E-state index in [1.165, 1.54) is 0 Å². The molecule has 0 unspecified atom stereocenters. The first kappa shape index (κ1) is 14.7. The minimum Gasteiger partial charge on any atom is -0.340 e. The van der Waals surface area contributed by atoms with E-state index in [-0.39, 0.29) is 23.8 Å². The lowest BCUT2D eigenvalue weighted by Gasteiger charge is -2.34. The molecule has 1 aliphatic carbocycles. The van der Waals surface area contributed by atoms with Gasteiger partial charge in [0.1, 0.15) is 0 Å². The molecule has 1 aromatic rings. The van der Waals surface area contributed by atoms with Crippen LogP contribution in [-0.4, -0.2) is 57.1 Å². The fourth-order valence-electron chi connectivity index (χ4n) is 3.90. The second-order valence-corrected chi connectivity index (χ2v) is 7.26. The van der Waals surface area contributed by atoms with Gasteiger partial charge in [0.2, 0.25) is 11.8 Å². The van der Waals surface area contributed by atoms with Crippen molar-refractivity contribution < 1.29 is 9.59 Å². The zero-order chi connectivity index (χ0) is 16.0. The number of rotatable bonds is 3. The first-order valence-electron chi connectivity index (χ1n) is 8.71. The summed E-state index contributed by atoms with van der Waals surface area (Å²) >= 11 is 0. The quantitative estimate of drug-likeness (QED) is 0.846. The minimum absolute atomic E-state index is 0.138. The zero-order valence-corrected chi connectivity index (χ0v) is 13.6. The molecule has 3 aliphatic rings. The van der Waals surface area contributed by atoms with Gasteiger partial charge in [-0.3, -0.25) is 14.3 Å². The Hall–Kier alpha value is -1.85. The highest BCUT2D eigenvalue weighted by Gasteiger charge is 2.43. The van der Waals surface area contributed by atoms with Gasteiger partial charge < -0.3 is 9.80 Å². The van der Waals surface area contributed by atoms with Crippen LogP contribution in [0, 0.1) is 12.8 Å². The van der Waals surface area contributed by atoms with Crippen molar-refractivity contribution in [1.29, 1.82) is 0 Å². The molecule has 6 nitrogen and oxygen atoms in total. The first-order valence-corrected chi connectivity index (χ1v) is 8.71. The van der Waals surface area contributed by atoms with Gasteiger partial charge in [-0.2, -0.15) is 5.10 Å². The molecule has 1 aromatic heterocycles. The molecule has 0 N–H and O–H groups in total. The van der Waals surface area contributed by atoms with Gasteiger partial charge in [0.15, 0.2) is 0 Å². The average Bonchev–Trinajstić information content (AvgIpc) is 3.19. The summed E-state index contributed by atoms with van der Waals surface area (Å²) in [4.78, 5) is 28.8. The van der Waals surface area contributed by atoms with Crippen molar-refractivity contribution in [2.75, 3.05) is 19.6 Å². The Labute approximate surface area is 136 Å². The molecule has 3 heterocycles. The molecule has 2 saturated heterocycles. The number of piperidine rings is 1. The lowest BCUT2D eigenvalue weighted by molar-refractivity contribution is -0.137. The molecule has 4 rings (SSSR count). The Bertz CT molecular complexity index is 622. The maximum absolute atomic E-state index is 12.8. The number of aromatic nitrogens is 2. The number of hydrogen-bond acceptors (Lipinski definition) is 3. The van der Waals surface area contributed by atoms with Crippen LogP contribution in [0.25, 0.3) is 0 Å². The largest absolute Gasteiger partial charge is 0.340 e. The molecule has 2 aliphatic heterocycles. The SMILES string of the molecule is Cc1cnn([C@@H]2CCCN(C(=O)[C@@H]3CC(=O)N(C4CC4)C3)C2)c1. The van der Waals surface area contributed by atoms with E-state index in [0.29, 0.717) is 25.6 Å². The second-order valence-electron chi connectivity index (χ2n) is 7.26. The Morgan fingerprint density at radius 2 is 2.04 bits per heavy atom. The Morgan fingerprint density at radius 1 is 1.22 bits per heavy atom. The van der Waals surface area contributed by atoms with Gasteiger partial charge in [-0.1, -0.05) is 0 Å².